The molecule has 0 spiro atoms. The first-order chi connectivity index (χ1) is 14.2. The summed E-state index contributed by atoms with van der Waals surface area (Å²) in [5.41, 5.74) is 3.60. The predicted octanol–water partition coefficient (Wildman–Crippen LogP) is 5.00. The van der Waals surface area contributed by atoms with Crippen LogP contribution in [0, 0.1) is 0 Å². The van der Waals surface area contributed by atoms with E-state index >= 15 is 0 Å². The van der Waals surface area contributed by atoms with Crippen molar-refractivity contribution in [3.05, 3.63) is 51.3 Å². The van der Waals surface area contributed by atoms with E-state index in [1.807, 2.05) is 0 Å². The van der Waals surface area contributed by atoms with Crippen molar-refractivity contribution in [2.24, 2.45) is 4.99 Å². The number of thiazole rings is 1. The summed E-state index contributed by atoms with van der Waals surface area (Å²) in [4.78, 5) is 18.6. The fourth-order valence-electron chi connectivity index (χ4n) is 3.95. The zero-order valence-electron chi connectivity index (χ0n) is 18.0. The SMILES string of the molecule is CCCCc1ccc(CNC(=O)Cc2csc(=NC3CCCCC3)n2CC)cc1. The molecule has 1 aromatic carbocycles. The van der Waals surface area contributed by atoms with Gasteiger partial charge in [-0.15, -0.1) is 11.3 Å². The Hall–Kier alpha value is -1.88. The second-order valence-electron chi connectivity index (χ2n) is 8.05. The van der Waals surface area contributed by atoms with Crippen molar-refractivity contribution < 1.29 is 4.79 Å². The largest absolute Gasteiger partial charge is 0.352 e. The Balaban J connectivity index is 1.55. The number of carbonyl (C=O) groups excluding carboxylic acids is 1. The highest BCUT2D eigenvalue weighted by Gasteiger charge is 2.14. The minimum atomic E-state index is 0.0734. The summed E-state index contributed by atoms with van der Waals surface area (Å²) in [5.74, 6) is 0.0734. The monoisotopic (exact) mass is 413 g/mol. The van der Waals surface area contributed by atoms with Gasteiger partial charge in [0.1, 0.15) is 0 Å². The molecule has 1 heterocycles. The fourth-order valence-corrected chi connectivity index (χ4v) is 4.98. The molecule has 1 amide bonds. The van der Waals surface area contributed by atoms with Gasteiger partial charge in [-0.1, -0.05) is 56.9 Å². The number of nitrogens with one attached hydrogen (secondary N) is 1. The zero-order valence-corrected chi connectivity index (χ0v) is 18.8. The third-order valence-corrected chi connectivity index (χ3v) is 6.66. The molecule has 1 aliphatic carbocycles. The summed E-state index contributed by atoms with van der Waals surface area (Å²) in [6.45, 7) is 5.79. The van der Waals surface area contributed by atoms with Crippen LogP contribution in [0.1, 0.15) is 75.6 Å². The third-order valence-electron chi connectivity index (χ3n) is 5.74. The van der Waals surface area contributed by atoms with E-state index in [1.54, 1.807) is 11.3 Å². The van der Waals surface area contributed by atoms with Crippen LogP contribution in [0.2, 0.25) is 0 Å². The van der Waals surface area contributed by atoms with E-state index in [2.05, 4.69) is 53.4 Å². The number of nitrogens with zero attached hydrogens (tertiary/aromatic N) is 2. The number of rotatable bonds is 9. The molecule has 1 saturated carbocycles. The Labute approximate surface area is 179 Å². The van der Waals surface area contributed by atoms with Gasteiger partial charge in [-0.25, -0.2) is 0 Å². The molecular weight excluding hydrogens is 378 g/mol. The lowest BCUT2D eigenvalue weighted by Crippen LogP contribution is -2.27. The number of carbonyl (C=O) groups is 1. The average molecular weight is 414 g/mol. The van der Waals surface area contributed by atoms with Crippen molar-refractivity contribution in [3.8, 4) is 0 Å². The van der Waals surface area contributed by atoms with Crippen LogP contribution in [0.15, 0.2) is 34.6 Å². The Morgan fingerprint density at radius 2 is 1.86 bits per heavy atom. The number of hydrogen-bond donors (Lipinski definition) is 1. The molecule has 0 radical (unpaired) electrons. The van der Waals surface area contributed by atoms with E-state index in [9.17, 15) is 4.79 Å². The maximum absolute atomic E-state index is 12.5. The molecule has 0 bridgehead atoms. The summed E-state index contributed by atoms with van der Waals surface area (Å²) in [6, 6.07) is 9.08. The fraction of sp³-hybridized carbons (Fsp3) is 0.583. The number of amides is 1. The molecule has 0 aliphatic heterocycles. The highest BCUT2D eigenvalue weighted by atomic mass is 32.1. The van der Waals surface area contributed by atoms with Crippen LogP contribution in [0.3, 0.4) is 0 Å². The van der Waals surface area contributed by atoms with Gasteiger partial charge in [0.15, 0.2) is 4.80 Å². The summed E-state index contributed by atoms with van der Waals surface area (Å²) in [6.07, 6.45) is 10.3. The molecule has 1 aromatic heterocycles. The molecule has 0 saturated heterocycles. The normalized spacial score (nSPS) is 15.6. The molecule has 2 aromatic rings. The van der Waals surface area contributed by atoms with Crippen LogP contribution in [0.25, 0.3) is 0 Å². The molecule has 0 atom stereocenters. The van der Waals surface area contributed by atoms with Crippen LogP contribution in [0.4, 0.5) is 0 Å². The van der Waals surface area contributed by atoms with Crippen molar-refractivity contribution in [1.29, 1.82) is 0 Å². The summed E-state index contributed by atoms with van der Waals surface area (Å²) < 4.78 is 2.21. The van der Waals surface area contributed by atoms with E-state index in [1.165, 1.54) is 50.5 Å². The maximum Gasteiger partial charge on any atom is 0.226 e. The Morgan fingerprint density at radius 3 is 2.55 bits per heavy atom. The molecule has 1 fully saturated rings. The van der Waals surface area contributed by atoms with Crippen LogP contribution in [-0.4, -0.2) is 16.5 Å². The van der Waals surface area contributed by atoms with Gasteiger partial charge in [-0.05, 0) is 43.7 Å². The number of benzene rings is 1. The minimum Gasteiger partial charge on any atom is -0.352 e. The number of aromatic nitrogens is 1. The minimum absolute atomic E-state index is 0.0734. The van der Waals surface area contributed by atoms with Crippen LogP contribution < -0.4 is 10.1 Å². The molecule has 1 N–H and O–H groups in total. The van der Waals surface area contributed by atoms with Gasteiger partial charge in [-0.2, -0.15) is 0 Å². The Kier molecular flexibility index (Phi) is 8.53. The van der Waals surface area contributed by atoms with Crippen molar-refractivity contribution in [2.75, 3.05) is 0 Å². The lowest BCUT2D eigenvalue weighted by Gasteiger charge is -2.17. The molecule has 0 unspecified atom stereocenters. The predicted molar refractivity (Wildman–Crippen MR) is 121 cm³/mol. The van der Waals surface area contributed by atoms with Crippen LogP contribution in [0.5, 0.6) is 0 Å². The third kappa shape index (κ3) is 6.56. The Morgan fingerprint density at radius 1 is 1.14 bits per heavy atom. The van der Waals surface area contributed by atoms with E-state index in [4.69, 9.17) is 4.99 Å². The molecule has 3 rings (SSSR count). The quantitative estimate of drug-likeness (QED) is 0.617. The van der Waals surface area contributed by atoms with E-state index in [0.29, 0.717) is 19.0 Å². The van der Waals surface area contributed by atoms with Crippen molar-refractivity contribution in [2.45, 2.75) is 90.8 Å². The first-order valence-electron chi connectivity index (χ1n) is 11.2. The second kappa shape index (κ2) is 11.3. The van der Waals surface area contributed by atoms with Crippen molar-refractivity contribution in [3.63, 3.8) is 0 Å². The zero-order chi connectivity index (χ0) is 20.5. The van der Waals surface area contributed by atoms with Gasteiger partial charge in [0.2, 0.25) is 5.91 Å². The lowest BCUT2D eigenvalue weighted by atomic mass is 9.96. The number of hydrogen-bond acceptors (Lipinski definition) is 3. The molecule has 29 heavy (non-hydrogen) atoms. The molecule has 1 aliphatic rings. The van der Waals surface area contributed by atoms with Crippen molar-refractivity contribution >= 4 is 17.2 Å². The topological polar surface area (TPSA) is 46.4 Å². The standard InChI is InChI=1S/C24H35N3OS/c1-3-5-9-19-12-14-20(15-13-19)17-25-23(28)16-22-18-29-24(27(22)4-2)26-21-10-7-6-8-11-21/h12-15,18,21H,3-11,16-17H2,1-2H3,(H,25,28). The Bertz CT molecular complexity index is 829. The molecule has 4 nitrogen and oxygen atoms in total. The van der Waals surface area contributed by atoms with Crippen LogP contribution >= 0.6 is 11.3 Å². The van der Waals surface area contributed by atoms with Gasteiger partial charge in [-0.3, -0.25) is 9.79 Å². The summed E-state index contributed by atoms with van der Waals surface area (Å²) >= 11 is 1.68. The van der Waals surface area contributed by atoms with Gasteiger partial charge in [0.25, 0.3) is 0 Å². The number of aryl methyl sites for hydroxylation is 1. The lowest BCUT2D eigenvalue weighted by molar-refractivity contribution is -0.120. The van der Waals surface area contributed by atoms with Gasteiger partial charge >= 0.3 is 0 Å². The van der Waals surface area contributed by atoms with Gasteiger partial charge in [0.05, 0.1) is 12.5 Å². The average Bonchev–Trinajstić information content (AvgIpc) is 3.13. The van der Waals surface area contributed by atoms with E-state index < -0.39 is 0 Å². The first kappa shape index (κ1) is 21.8. The summed E-state index contributed by atoms with van der Waals surface area (Å²) in [5, 5.41) is 5.18. The highest BCUT2D eigenvalue weighted by molar-refractivity contribution is 7.07. The van der Waals surface area contributed by atoms with E-state index in [0.717, 1.165) is 29.0 Å². The van der Waals surface area contributed by atoms with Crippen LogP contribution in [-0.2, 0) is 30.7 Å². The van der Waals surface area contributed by atoms with Crippen molar-refractivity contribution in [1.82, 2.24) is 9.88 Å². The molecular formula is C24H35N3OS. The molecule has 5 heteroatoms. The number of unbranched alkanes of at least 4 members (excludes halogenated alkanes) is 1. The first-order valence-corrected chi connectivity index (χ1v) is 12.1. The van der Waals surface area contributed by atoms with Gasteiger partial charge < -0.3 is 9.88 Å². The highest BCUT2D eigenvalue weighted by Crippen LogP contribution is 2.20. The summed E-state index contributed by atoms with van der Waals surface area (Å²) in [7, 11) is 0. The maximum atomic E-state index is 12.5. The smallest absolute Gasteiger partial charge is 0.226 e. The van der Waals surface area contributed by atoms with E-state index in [-0.39, 0.29) is 5.91 Å². The second-order valence-corrected chi connectivity index (χ2v) is 8.88. The molecule has 158 valence electrons. The van der Waals surface area contributed by atoms with Gasteiger partial charge in [0, 0.05) is 24.2 Å².